The molecule has 0 aliphatic carbocycles. The van der Waals surface area contributed by atoms with E-state index in [4.69, 9.17) is 0 Å². The summed E-state index contributed by atoms with van der Waals surface area (Å²) in [5.41, 5.74) is 4.14. The molecule has 146 valence electrons. The Morgan fingerprint density at radius 2 is 1.39 bits per heavy atom. The number of hydrogen-bond acceptors (Lipinski definition) is 4. The Bertz CT molecular complexity index is 859. The number of benzene rings is 3. The first-order valence-corrected chi connectivity index (χ1v) is 10.5. The van der Waals surface area contributed by atoms with Gasteiger partial charge in [-0.05, 0) is 59.8 Å². The Kier molecular flexibility index (Phi) is 6.65. The van der Waals surface area contributed by atoms with E-state index in [0.29, 0.717) is 5.25 Å². The molecule has 3 aromatic carbocycles. The largest absolute Gasteiger partial charge is 0.381 e. The van der Waals surface area contributed by atoms with Gasteiger partial charge in [-0.1, -0.05) is 68.4 Å². The maximum atomic E-state index is 10.9. The monoisotopic (exact) mass is 392 g/mol. The average molecular weight is 393 g/mol. The van der Waals surface area contributed by atoms with Crippen LogP contribution in [0.5, 0.6) is 0 Å². The molecule has 0 saturated heterocycles. The smallest absolute Gasteiger partial charge is 0.112 e. The van der Waals surface area contributed by atoms with Crippen molar-refractivity contribution in [3.63, 3.8) is 0 Å². The fraction of sp³-hybridized carbons (Fsp3) is 0.250. The second-order valence-corrected chi connectivity index (χ2v) is 8.72. The molecule has 0 aliphatic heterocycles. The summed E-state index contributed by atoms with van der Waals surface area (Å²) >= 11 is 1.72. The van der Waals surface area contributed by atoms with Crippen LogP contribution in [0.3, 0.4) is 0 Å². The first kappa shape index (κ1) is 20.3. The van der Waals surface area contributed by atoms with E-state index in [2.05, 4.69) is 48.2 Å². The molecule has 1 unspecified atom stereocenters. The lowest BCUT2D eigenvalue weighted by Gasteiger charge is -2.24. The minimum Gasteiger partial charge on any atom is -0.381 e. The second kappa shape index (κ2) is 9.18. The first-order valence-electron chi connectivity index (χ1n) is 9.58. The third-order valence-electron chi connectivity index (χ3n) is 4.65. The summed E-state index contributed by atoms with van der Waals surface area (Å²) < 4.78 is 3.35. The SMILES string of the molecule is CC(C)SNc1ccc(CNc2ccc(C(C)(O)c3ccccc3)cc2)cc1. The van der Waals surface area contributed by atoms with Gasteiger partial charge in [-0.25, -0.2) is 0 Å². The van der Waals surface area contributed by atoms with Gasteiger partial charge in [-0.3, -0.25) is 0 Å². The topological polar surface area (TPSA) is 44.3 Å². The number of aliphatic hydroxyl groups is 1. The molecular weight excluding hydrogens is 364 g/mol. The van der Waals surface area contributed by atoms with Crippen molar-refractivity contribution in [2.45, 2.75) is 38.2 Å². The predicted octanol–water partition coefficient (Wildman–Crippen LogP) is 6.02. The molecule has 4 heteroatoms. The summed E-state index contributed by atoms with van der Waals surface area (Å²) in [6.07, 6.45) is 0. The van der Waals surface area contributed by atoms with E-state index >= 15 is 0 Å². The fourth-order valence-corrected chi connectivity index (χ4v) is 3.43. The van der Waals surface area contributed by atoms with E-state index < -0.39 is 5.60 Å². The van der Waals surface area contributed by atoms with Gasteiger partial charge in [-0.2, -0.15) is 0 Å². The minimum absolute atomic E-state index is 0.548. The number of anilines is 2. The van der Waals surface area contributed by atoms with Crippen molar-refractivity contribution < 1.29 is 5.11 Å². The van der Waals surface area contributed by atoms with Crippen molar-refractivity contribution in [1.82, 2.24) is 0 Å². The Balaban J connectivity index is 1.59. The molecule has 28 heavy (non-hydrogen) atoms. The Morgan fingerprint density at radius 3 is 2.00 bits per heavy atom. The second-order valence-electron chi connectivity index (χ2n) is 7.33. The molecule has 0 amide bonds. The zero-order valence-electron chi connectivity index (χ0n) is 16.6. The van der Waals surface area contributed by atoms with Gasteiger partial charge in [0.2, 0.25) is 0 Å². The summed E-state index contributed by atoms with van der Waals surface area (Å²) in [7, 11) is 0. The summed E-state index contributed by atoms with van der Waals surface area (Å²) in [6, 6.07) is 26.2. The van der Waals surface area contributed by atoms with Gasteiger partial charge in [0.15, 0.2) is 0 Å². The van der Waals surface area contributed by atoms with Crippen LogP contribution in [0.4, 0.5) is 11.4 Å². The molecule has 3 nitrogen and oxygen atoms in total. The zero-order valence-corrected chi connectivity index (χ0v) is 17.5. The van der Waals surface area contributed by atoms with Gasteiger partial charge in [0, 0.05) is 23.2 Å². The first-order chi connectivity index (χ1) is 13.4. The van der Waals surface area contributed by atoms with Gasteiger partial charge >= 0.3 is 0 Å². The maximum absolute atomic E-state index is 10.9. The highest BCUT2D eigenvalue weighted by Crippen LogP contribution is 2.29. The molecule has 0 fully saturated rings. The van der Waals surface area contributed by atoms with Crippen molar-refractivity contribution in [1.29, 1.82) is 0 Å². The number of nitrogens with one attached hydrogen (secondary N) is 2. The molecule has 1 atom stereocenters. The molecule has 0 radical (unpaired) electrons. The molecule has 0 aromatic heterocycles. The van der Waals surface area contributed by atoms with E-state index in [1.54, 1.807) is 11.9 Å². The van der Waals surface area contributed by atoms with Crippen LogP contribution in [0, 0.1) is 0 Å². The summed E-state index contributed by atoms with van der Waals surface area (Å²) in [5.74, 6) is 0. The highest BCUT2D eigenvalue weighted by molar-refractivity contribution is 8.01. The molecule has 0 heterocycles. The van der Waals surface area contributed by atoms with Crippen LogP contribution >= 0.6 is 11.9 Å². The molecule has 3 N–H and O–H groups in total. The van der Waals surface area contributed by atoms with Crippen molar-refractivity contribution in [2.24, 2.45) is 0 Å². The van der Waals surface area contributed by atoms with Crippen LogP contribution in [-0.2, 0) is 12.1 Å². The van der Waals surface area contributed by atoms with Crippen LogP contribution < -0.4 is 10.0 Å². The van der Waals surface area contributed by atoms with Gasteiger partial charge in [0.05, 0.1) is 0 Å². The minimum atomic E-state index is -1.00. The summed E-state index contributed by atoms with van der Waals surface area (Å²) in [4.78, 5) is 0. The quantitative estimate of drug-likeness (QED) is 0.410. The van der Waals surface area contributed by atoms with Crippen LogP contribution in [0.2, 0.25) is 0 Å². The summed E-state index contributed by atoms with van der Waals surface area (Å²) in [6.45, 7) is 6.92. The van der Waals surface area contributed by atoms with Gasteiger partial charge in [0.1, 0.15) is 5.60 Å². The molecule has 3 aromatic rings. The van der Waals surface area contributed by atoms with Crippen molar-refractivity contribution in [2.75, 3.05) is 10.0 Å². The normalized spacial score (nSPS) is 13.2. The highest BCUT2D eigenvalue weighted by Gasteiger charge is 2.24. The van der Waals surface area contributed by atoms with E-state index in [-0.39, 0.29) is 0 Å². The molecule has 0 bridgehead atoms. The van der Waals surface area contributed by atoms with E-state index in [1.807, 2.05) is 61.5 Å². The third kappa shape index (κ3) is 5.31. The van der Waals surface area contributed by atoms with Crippen LogP contribution in [-0.4, -0.2) is 10.4 Å². The molecule has 3 rings (SSSR count). The highest BCUT2D eigenvalue weighted by atomic mass is 32.2. The van der Waals surface area contributed by atoms with Gasteiger partial charge < -0.3 is 15.1 Å². The van der Waals surface area contributed by atoms with Crippen molar-refractivity contribution in [3.05, 3.63) is 95.6 Å². The third-order valence-corrected chi connectivity index (χ3v) is 5.47. The Hall–Kier alpha value is -2.43. The van der Waals surface area contributed by atoms with Gasteiger partial charge in [0.25, 0.3) is 0 Å². The molecule has 0 saturated carbocycles. The fourth-order valence-electron chi connectivity index (χ4n) is 2.92. The van der Waals surface area contributed by atoms with E-state index in [0.717, 1.165) is 29.0 Å². The maximum Gasteiger partial charge on any atom is 0.112 e. The number of rotatable bonds is 8. The Labute approximate surface area is 172 Å². The molecule has 0 aliphatic rings. The lowest BCUT2D eigenvalue weighted by atomic mass is 9.88. The van der Waals surface area contributed by atoms with Crippen molar-refractivity contribution >= 4 is 23.3 Å². The number of hydrogen-bond donors (Lipinski definition) is 3. The van der Waals surface area contributed by atoms with Crippen LogP contribution in [0.1, 0.15) is 37.5 Å². The Morgan fingerprint density at radius 1 is 0.821 bits per heavy atom. The average Bonchev–Trinajstić information content (AvgIpc) is 2.72. The molecular formula is C24H28N2OS. The predicted molar refractivity (Wildman–Crippen MR) is 122 cm³/mol. The van der Waals surface area contributed by atoms with Crippen molar-refractivity contribution in [3.8, 4) is 0 Å². The van der Waals surface area contributed by atoms with E-state index in [1.165, 1.54) is 5.56 Å². The lowest BCUT2D eigenvalue weighted by molar-refractivity contribution is 0.102. The van der Waals surface area contributed by atoms with Crippen LogP contribution in [0.25, 0.3) is 0 Å². The lowest BCUT2D eigenvalue weighted by Crippen LogP contribution is -2.22. The van der Waals surface area contributed by atoms with Crippen LogP contribution in [0.15, 0.2) is 78.9 Å². The standard InChI is InChI=1S/C24H28N2OS/c1-18(2)28-26-23-13-9-19(10-14-23)17-25-22-15-11-21(12-16-22)24(3,27)20-7-5-4-6-8-20/h4-16,18,25-27H,17H2,1-3H3. The summed E-state index contributed by atoms with van der Waals surface area (Å²) in [5, 5.41) is 14.9. The molecule has 0 spiro atoms. The zero-order chi connectivity index (χ0) is 20.0. The van der Waals surface area contributed by atoms with Gasteiger partial charge in [-0.15, -0.1) is 0 Å². The van der Waals surface area contributed by atoms with E-state index in [9.17, 15) is 5.11 Å².